The van der Waals surface area contributed by atoms with Crippen LogP contribution in [-0.4, -0.2) is 21.8 Å². The number of aliphatic hydroxyl groups is 1. The first-order valence-electron chi connectivity index (χ1n) is 10.0. The Morgan fingerprint density at radius 2 is 1.94 bits per heavy atom. The number of aryl methyl sites for hydroxylation is 1. The summed E-state index contributed by atoms with van der Waals surface area (Å²) in [5.74, 6) is -1.99. The molecule has 5 rings (SSSR count). The maximum absolute atomic E-state index is 13.6. The van der Waals surface area contributed by atoms with Crippen LogP contribution >= 0.6 is 23.2 Å². The summed E-state index contributed by atoms with van der Waals surface area (Å²) in [6, 6.07) is 14.1. The van der Waals surface area contributed by atoms with E-state index in [1.807, 2.05) is 6.92 Å². The standard InChI is InChI=1S/C25H16Cl2N2O4/c1-13-4-6-17(11-18(13)27)29-22(14-3-2-8-28-12-14)21(24(31)25(29)32)23(30)20-10-15-9-16(26)5-7-19(15)33-20/h2-12,22,31H,1H3. The lowest BCUT2D eigenvalue weighted by molar-refractivity contribution is -0.117. The Labute approximate surface area is 198 Å². The van der Waals surface area contributed by atoms with Crippen molar-refractivity contribution < 1.29 is 19.1 Å². The number of furan rings is 1. The topological polar surface area (TPSA) is 83.6 Å². The number of hydrogen-bond donors (Lipinski definition) is 1. The van der Waals surface area contributed by atoms with Gasteiger partial charge in [0.1, 0.15) is 5.58 Å². The van der Waals surface area contributed by atoms with Crippen molar-refractivity contribution in [3.05, 3.63) is 105 Å². The summed E-state index contributed by atoms with van der Waals surface area (Å²) >= 11 is 12.3. The molecule has 1 unspecified atom stereocenters. The summed E-state index contributed by atoms with van der Waals surface area (Å²) in [4.78, 5) is 32.2. The Hall–Kier alpha value is -3.61. The predicted octanol–water partition coefficient (Wildman–Crippen LogP) is 6.23. The fourth-order valence-corrected chi connectivity index (χ4v) is 4.30. The molecular formula is C25H16Cl2N2O4. The molecular weight excluding hydrogens is 463 g/mol. The third-order valence-electron chi connectivity index (χ3n) is 5.59. The van der Waals surface area contributed by atoms with Crippen LogP contribution in [0.4, 0.5) is 5.69 Å². The van der Waals surface area contributed by atoms with Crippen LogP contribution in [0.5, 0.6) is 0 Å². The molecule has 2 aromatic carbocycles. The summed E-state index contributed by atoms with van der Waals surface area (Å²) in [6.07, 6.45) is 3.13. The molecule has 1 atom stereocenters. The number of Topliss-reactive ketones (excluding diaryl/α,β-unsaturated/α-hetero) is 1. The van der Waals surface area contributed by atoms with Crippen LogP contribution in [0.3, 0.4) is 0 Å². The van der Waals surface area contributed by atoms with Gasteiger partial charge >= 0.3 is 0 Å². The molecule has 4 aromatic rings. The number of amides is 1. The zero-order valence-electron chi connectivity index (χ0n) is 17.3. The number of hydrogen-bond acceptors (Lipinski definition) is 5. The fourth-order valence-electron chi connectivity index (χ4n) is 3.95. The molecule has 0 aliphatic carbocycles. The zero-order valence-corrected chi connectivity index (χ0v) is 18.8. The average Bonchev–Trinajstić information content (AvgIpc) is 3.34. The number of anilines is 1. The lowest BCUT2D eigenvalue weighted by atomic mass is 9.96. The van der Waals surface area contributed by atoms with Gasteiger partial charge < -0.3 is 9.52 Å². The van der Waals surface area contributed by atoms with Gasteiger partial charge in [0.25, 0.3) is 5.91 Å². The van der Waals surface area contributed by atoms with Crippen LogP contribution in [0.15, 0.2) is 82.7 Å². The molecule has 1 aliphatic rings. The first-order chi connectivity index (χ1) is 15.8. The van der Waals surface area contributed by atoms with E-state index in [9.17, 15) is 14.7 Å². The Balaban J connectivity index is 1.66. The molecule has 0 spiro atoms. The quantitative estimate of drug-likeness (QED) is 0.351. The van der Waals surface area contributed by atoms with E-state index < -0.39 is 23.5 Å². The van der Waals surface area contributed by atoms with E-state index in [1.165, 1.54) is 4.90 Å². The molecule has 0 bridgehead atoms. The summed E-state index contributed by atoms with van der Waals surface area (Å²) in [6.45, 7) is 1.84. The monoisotopic (exact) mass is 478 g/mol. The number of halogens is 2. The number of pyridine rings is 1. The average molecular weight is 479 g/mol. The number of carbonyl (C=O) groups is 2. The highest BCUT2D eigenvalue weighted by Crippen LogP contribution is 2.43. The second-order valence-electron chi connectivity index (χ2n) is 7.68. The van der Waals surface area contributed by atoms with E-state index in [-0.39, 0.29) is 11.3 Å². The minimum absolute atomic E-state index is 0.0145. The molecule has 0 radical (unpaired) electrons. The van der Waals surface area contributed by atoms with Gasteiger partial charge in [0.2, 0.25) is 5.78 Å². The molecule has 0 saturated heterocycles. The Kier molecular flexibility index (Phi) is 5.19. The van der Waals surface area contributed by atoms with Gasteiger partial charge in [-0.1, -0.05) is 35.3 Å². The molecule has 2 aromatic heterocycles. The van der Waals surface area contributed by atoms with Crippen molar-refractivity contribution >= 4 is 51.5 Å². The number of ketones is 1. The van der Waals surface area contributed by atoms with Crippen LogP contribution in [0.2, 0.25) is 10.0 Å². The number of aromatic nitrogens is 1. The molecule has 8 heteroatoms. The van der Waals surface area contributed by atoms with E-state index in [2.05, 4.69) is 4.98 Å². The van der Waals surface area contributed by atoms with Gasteiger partial charge in [-0.2, -0.15) is 0 Å². The third kappa shape index (κ3) is 3.57. The SMILES string of the molecule is Cc1ccc(N2C(=O)C(O)=C(C(=O)c3cc4cc(Cl)ccc4o3)C2c2cccnc2)cc1Cl. The van der Waals surface area contributed by atoms with Gasteiger partial charge in [-0.25, -0.2) is 0 Å². The summed E-state index contributed by atoms with van der Waals surface area (Å²) in [7, 11) is 0. The summed E-state index contributed by atoms with van der Waals surface area (Å²) < 4.78 is 5.72. The van der Waals surface area contributed by atoms with Crippen LogP contribution in [-0.2, 0) is 4.79 Å². The van der Waals surface area contributed by atoms with E-state index in [0.29, 0.717) is 32.3 Å². The highest BCUT2D eigenvalue weighted by atomic mass is 35.5. The maximum Gasteiger partial charge on any atom is 0.294 e. The lowest BCUT2D eigenvalue weighted by Gasteiger charge is -2.26. The van der Waals surface area contributed by atoms with Gasteiger partial charge in [0.15, 0.2) is 11.5 Å². The number of carbonyl (C=O) groups excluding carboxylic acids is 2. The zero-order chi connectivity index (χ0) is 23.3. The van der Waals surface area contributed by atoms with Crippen molar-refractivity contribution in [1.29, 1.82) is 0 Å². The van der Waals surface area contributed by atoms with E-state index >= 15 is 0 Å². The van der Waals surface area contributed by atoms with Crippen molar-refractivity contribution in [3.8, 4) is 0 Å². The second-order valence-corrected chi connectivity index (χ2v) is 8.53. The van der Waals surface area contributed by atoms with Crippen LogP contribution in [0.25, 0.3) is 11.0 Å². The Bertz CT molecular complexity index is 1460. The first-order valence-corrected chi connectivity index (χ1v) is 10.8. The van der Waals surface area contributed by atoms with Gasteiger partial charge in [0.05, 0.1) is 11.6 Å². The molecule has 0 saturated carbocycles. The van der Waals surface area contributed by atoms with Gasteiger partial charge in [-0.3, -0.25) is 19.5 Å². The number of fused-ring (bicyclic) bond motifs is 1. The van der Waals surface area contributed by atoms with Crippen molar-refractivity contribution in [2.75, 3.05) is 4.90 Å². The first kappa shape index (κ1) is 21.2. The van der Waals surface area contributed by atoms with Gasteiger partial charge in [-0.05, 0) is 60.5 Å². The molecule has 1 N–H and O–H groups in total. The van der Waals surface area contributed by atoms with Crippen molar-refractivity contribution in [1.82, 2.24) is 4.98 Å². The third-order valence-corrected chi connectivity index (χ3v) is 6.23. The van der Waals surface area contributed by atoms with Crippen LogP contribution in [0.1, 0.15) is 27.7 Å². The minimum Gasteiger partial charge on any atom is -0.503 e. The highest BCUT2D eigenvalue weighted by Gasteiger charge is 2.45. The van der Waals surface area contributed by atoms with Crippen molar-refractivity contribution in [3.63, 3.8) is 0 Å². The molecule has 1 aliphatic heterocycles. The van der Waals surface area contributed by atoms with E-state index in [0.717, 1.165) is 5.56 Å². The number of nitrogens with zero attached hydrogens (tertiary/aromatic N) is 2. The minimum atomic E-state index is -0.922. The lowest BCUT2D eigenvalue weighted by Crippen LogP contribution is -2.31. The summed E-state index contributed by atoms with van der Waals surface area (Å²) in [5, 5.41) is 12.4. The largest absolute Gasteiger partial charge is 0.503 e. The maximum atomic E-state index is 13.6. The molecule has 164 valence electrons. The highest BCUT2D eigenvalue weighted by molar-refractivity contribution is 6.32. The molecule has 6 nitrogen and oxygen atoms in total. The van der Waals surface area contributed by atoms with Crippen molar-refractivity contribution in [2.24, 2.45) is 0 Å². The second kappa shape index (κ2) is 8.06. The normalized spacial score (nSPS) is 16.2. The molecule has 1 amide bonds. The molecule has 3 heterocycles. The fraction of sp³-hybridized carbons (Fsp3) is 0.0800. The van der Waals surface area contributed by atoms with Crippen LogP contribution < -0.4 is 4.90 Å². The van der Waals surface area contributed by atoms with Crippen LogP contribution in [0, 0.1) is 6.92 Å². The number of aliphatic hydroxyl groups excluding tert-OH is 1. The smallest absolute Gasteiger partial charge is 0.294 e. The van der Waals surface area contributed by atoms with E-state index in [4.69, 9.17) is 27.6 Å². The number of rotatable bonds is 4. The summed E-state index contributed by atoms with van der Waals surface area (Å²) in [5.41, 5.74) is 2.19. The van der Waals surface area contributed by atoms with Gasteiger partial charge in [0, 0.05) is 33.5 Å². The Morgan fingerprint density at radius 1 is 1.12 bits per heavy atom. The van der Waals surface area contributed by atoms with Crippen molar-refractivity contribution in [2.45, 2.75) is 13.0 Å². The Morgan fingerprint density at radius 3 is 2.67 bits per heavy atom. The number of benzene rings is 2. The predicted molar refractivity (Wildman–Crippen MR) is 126 cm³/mol. The molecule has 0 fully saturated rings. The molecule has 33 heavy (non-hydrogen) atoms. The van der Waals surface area contributed by atoms with E-state index in [1.54, 1.807) is 67.0 Å². The van der Waals surface area contributed by atoms with Gasteiger partial charge in [-0.15, -0.1) is 0 Å².